The summed E-state index contributed by atoms with van der Waals surface area (Å²) in [5, 5.41) is 0. The van der Waals surface area contributed by atoms with Gasteiger partial charge in [-0.2, -0.15) is 13.2 Å². The van der Waals surface area contributed by atoms with Crippen molar-refractivity contribution in [2.75, 3.05) is 12.4 Å². The first-order valence-electron chi connectivity index (χ1n) is 8.01. The van der Waals surface area contributed by atoms with E-state index in [9.17, 15) is 13.2 Å². The van der Waals surface area contributed by atoms with Crippen LogP contribution in [0, 0.1) is 0 Å². The minimum Gasteiger partial charge on any atom is -0.478 e. The molecule has 26 heavy (non-hydrogen) atoms. The molecule has 3 aromatic rings. The topological polar surface area (TPSA) is 52.8 Å². The van der Waals surface area contributed by atoms with Gasteiger partial charge in [0.05, 0.1) is 23.8 Å². The Hall–Kier alpha value is -2.29. The van der Waals surface area contributed by atoms with Crippen molar-refractivity contribution < 1.29 is 17.9 Å². The van der Waals surface area contributed by atoms with Crippen molar-refractivity contribution in [2.45, 2.75) is 24.9 Å². The van der Waals surface area contributed by atoms with Crippen molar-refractivity contribution in [1.82, 2.24) is 19.5 Å². The van der Waals surface area contributed by atoms with E-state index in [1.807, 2.05) is 19.9 Å². The average Bonchev–Trinajstić information content (AvgIpc) is 2.92. The smallest absolute Gasteiger partial charge is 0.433 e. The molecule has 0 aliphatic heterocycles. The molecule has 0 saturated heterocycles. The first kappa shape index (κ1) is 18.5. The van der Waals surface area contributed by atoms with E-state index in [-0.39, 0.29) is 5.52 Å². The Morgan fingerprint density at radius 3 is 2.62 bits per heavy atom. The maximum Gasteiger partial charge on any atom is 0.433 e. The molecule has 3 aromatic heterocycles. The number of imidazole rings is 1. The highest BCUT2D eigenvalue weighted by molar-refractivity contribution is 7.99. The fourth-order valence-corrected chi connectivity index (χ4v) is 3.29. The lowest BCUT2D eigenvalue weighted by molar-refractivity contribution is -0.141. The molecule has 0 radical (unpaired) electrons. The summed E-state index contributed by atoms with van der Waals surface area (Å²) in [6, 6.07) is 4.62. The lowest BCUT2D eigenvalue weighted by Gasteiger charge is -2.10. The van der Waals surface area contributed by atoms with E-state index in [1.54, 1.807) is 29.4 Å². The van der Waals surface area contributed by atoms with Crippen molar-refractivity contribution in [3.63, 3.8) is 0 Å². The molecule has 5 nitrogen and oxygen atoms in total. The summed E-state index contributed by atoms with van der Waals surface area (Å²) in [4.78, 5) is 13.3. The van der Waals surface area contributed by atoms with E-state index in [0.717, 1.165) is 16.7 Å². The molecule has 0 saturated carbocycles. The molecule has 0 aliphatic carbocycles. The fraction of sp³-hybridized carbons (Fsp3) is 0.353. The van der Waals surface area contributed by atoms with Crippen molar-refractivity contribution in [2.24, 2.45) is 7.05 Å². The number of hydrogen-bond donors (Lipinski definition) is 0. The summed E-state index contributed by atoms with van der Waals surface area (Å²) in [7, 11) is 1.73. The third-order valence-corrected chi connectivity index (χ3v) is 4.62. The van der Waals surface area contributed by atoms with Crippen LogP contribution >= 0.6 is 11.8 Å². The van der Waals surface area contributed by atoms with Crippen LogP contribution in [-0.4, -0.2) is 31.9 Å². The fourth-order valence-electron chi connectivity index (χ4n) is 2.54. The number of alkyl halides is 3. The Morgan fingerprint density at radius 2 is 1.96 bits per heavy atom. The maximum atomic E-state index is 12.9. The van der Waals surface area contributed by atoms with Crippen LogP contribution in [0.4, 0.5) is 13.2 Å². The zero-order chi connectivity index (χ0) is 18.9. The van der Waals surface area contributed by atoms with Gasteiger partial charge in [0.25, 0.3) is 0 Å². The summed E-state index contributed by atoms with van der Waals surface area (Å²) in [6.45, 7) is 4.34. The zero-order valence-electron chi connectivity index (χ0n) is 14.5. The summed E-state index contributed by atoms with van der Waals surface area (Å²) < 4.78 is 45.9. The Kier molecular flexibility index (Phi) is 5.08. The number of thioether (sulfide) groups is 1. The molecule has 0 bridgehead atoms. The van der Waals surface area contributed by atoms with Crippen molar-refractivity contribution >= 4 is 22.8 Å². The van der Waals surface area contributed by atoms with Gasteiger partial charge in [0.15, 0.2) is 5.82 Å². The minimum atomic E-state index is -4.51. The summed E-state index contributed by atoms with van der Waals surface area (Å²) >= 11 is 1.58. The van der Waals surface area contributed by atoms with Crippen LogP contribution in [0.15, 0.2) is 29.3 Å². The van der Waals surface area contributed by atoms with Gasteiger partial charge < -0.3 is 9.30 Å². The van der Waals surface area contributed by atoms with E-state index in [0.29, 0.717) is 29.5 Å². The molecule has 9 heteroatoms. The molecule has 0 fully saturated rings. The average molecular weight is 382 g/mol. The van der Waals surface area contributed by atoms with Crippen LogP contribution < -0.4 is 4.74 Å². The second-order valence-electron chi connectivity index (χ2n) is 5.41. The molecule has 138 valence electrons. The quantitative estimate of drug-likeness (QED) is 0.606. The predicted octanol–water partition coefficient (Wildman–Crippen LogP) is 4.56. The SMILES string of the molecule is CCOc1ccc(SCC)c(-c2nc3cc(C(F)(F)F)ncc3n2C)n1. The molecule has 0 atom stereocenters. The number of fused-ring (bicyclic) bond motifs is 1. The van der Waals surface area contributed by atoms with Gasteiger partial charge >= 0.3 is 6.18 Å². The van der Waals surface area contributed by atoms with E-state index >= 15 is 0 Å². The van der Waals surface area contributed by atoms with Crippen LogP contribution in [0.2, 0.25) is 0 Å². The van der Waals surface area contributed by atoms with Gasteiger partial charge in [0, 0.05) is 18.0 Å². The second kappa shape index (κ2) is 7.14. The molecule has 0 aliphatic rings. The number of aromatic nitrogens is 4. The predicted molar refractivity (Wildman–Crippen MR) is 94.3 cm³/mol. The molecule has 0 aromatic carbocycles. The van der Waals surface area contributed by atoms with E-state index < -0.39 is 11.9 Å². The molecule has 3 rings (SSSR count). The molecule has 0 spiro atoms. The standard InChI is InChI=1S/C17H17F3N4OS/c1-4-25-14-7-6-12(26-5-2)15(23-14)16-22-10-8-13(17(18,19)20)21-9-11(10)24(16)3/h6-9H,4-5H2,1-3H3. The first-order valence-corrected chi connectivity index (χ1v) is 9.00. The number of hydrogen-bond acceptors (Lipinski definition) is 5. The van der Waals surface area contributed by atoms with Gasteiger partial charge in [-0.25, -0.2) is 15.0 Å². The Morgan fingerprint density at radius 1 is 1.19 bits per heavy atom. The summed E-state index contributed by atoms with van der Waals surface area (Å²) in [5.74, 6) is 1.74. The lowest BCUT2D eigenvalue weighted by Crippen LogP contribution is -2.07. The van der Waals surface area contributed by atoms with Crippen LogP contribution in [0.25, 0.3) is 22.6 Å². The largest absolute Gasteiger partial charge is 0.478 e. The summed E-state index contributed by atoms with van der Waals surface area (Å²) in [6.07, 6.45) is -3.32. The number of rotatable bonds is 5. The normalized spacial score (nSPS) is 11.9. The van der Waals surface area contributed by atoms with Gasteiger partial charge in [-0.1, -0.05) is 6.92 Å². The lowest BCUT2D eigenvalue weighted by atomic mass is 10.3. The van der Waals surface area contributed by atoms with Gasteiger partial charge in [-0.05, 0) is 24.8 Å². The Labute approximate surface area is 152 Å². The Balaban J connectivity index is 2.18. The number of halogens is 3. The van der Waals surface area contributed by atoms with E-state index in [4.69, 9.17) is 4.74 Å². The summed E-state index contributed by atoms with van der Waals surface area (Å²) in [5.41, 5.74) is 0.342. The number of ether oxygens (including phenoxy) is 1. The van der Waals surface area contributed by atoms with E-state index in [2.05, 4.69) is 15.0 Å². The zero-order valence-corrected chi connectivity index (χ0v) is 15.3. The molecule has 3 heterocycles. The Bertz CT molecular complexity index is 940. The monoisotopic (exact) mass is 382 g/mol. The van der Waals surface area contributed by atoms with Crippen molar-refractivity contribution in [3.05, 3.63) is 30.1 Å². The second-order valence-corrected chi connectivity index (χ2v) is 6.72. The highest BCUT2D eigenvalue weighted by Gasteiger charge is 2.33. The molecular weight excluding hydrogens is 365 g/mol. The number of nitrogens with zero attached hydrogens (tertiary/aromatic N) is 4. The van der Waals surface area contributed by atoms with Gasteiger partial charge in [-0.3, -0.25) is 0 Å². The highest BCUT2D eigenvalue weighted by atomic mass is 32.2. The van der Waals surface area contributed by atoms with Crippen LogP contribution in [0.3, 0.4) is 0 Å². The molecular formula is C17H17F3N4OS. The number of aryl methyl sites for hydroxylation is 1. The maximum absolute atomic E-state index is 12.9. The number of pyridine rings is 2. The minimum absolute atomic E-state index is 0.223. The van der Waals surface area contributed by atoms with Gasteiger partial charge in [0.1, 0.15) is 11.4 Å². The third-order valence-electron chi connectivity index (χ3n) is 3.69. The highest BCUT2D eigenvalue weighted by Crippen LogP contribution is 2.34. The van der Waals surface area contributed by atoms with E-state index in [1.165, 1.54) is 6.20 Å². The van der Waals surface area contributed by atoms with Crippen LogP contribution in [0.5, 0.6) is 5.88 Å². The first-order chi connectivity index (χ1) is 12.3. The van der Waals surface area contributed by atoms with Gasteiger partial charge in [-0.15, -0.1) is 11.8 Å². The third kappa shape index (κ3) is 3.48. The van der Waals surface area contributed by atoms with Crippen LogP contribution in [-0.2, 0) is 13.2 Å². The van der Waals surface area contributed by atoms with Gasteiger partial charge in [0.2, 0.25) is 5.88 Å². The molecule has 0 N–H and O–H groups in total. The van der Waals surface area contributed by atoms with Crippen molar-refractivity contribution in [3.8, 4) is 17.4 Å². The van der Waals surface area contributed by atoms with Crippen LogP contribution in [0.1, 0.15) is 19.5 Å². The molecule has 0 amide bonds. The molecule has 0 unspecified atom stereocenters. The van der Waals surface area contributed by atoms with Crippen molar-refractivity contribution in [1.29, 1.82) is 0 Å².